The third kappa shape index (κ3) is 4.02. The fraction of sp³-hybridized carbons (Fsp3) is 0.467. The van der Waals surface area contributed by atoms with Crippen LogP contribution >= 0.6 is 11.6 Å². The first-order chi connectivity index (χ1) is 11.3. The second kappa shape index (κ2) is 7.89. The van der Waals surface area contributed by atoms with Crippen molar-refractivity contribution in [3.8, 4) is 5.75 Å². The van der Waals surface area contributed by atoms with E-state index in [1.54, 1.807) is 0 Å². The molecule has 1 amide bonds. The molecule has 9 heteroatoms. The van der Waals surface area contributed by atoms with Gasteiger partial charge >= 0.3 is 0 Å². The van der Waals surface area contributed by atoms with E-state index in [1.807, 2.05) is 0 Å². The molecule has 4 N–H and O–H groups in total. The number of rotatable bonds is 6. The average Bonchev–Trinajstić information content (AvgIpc) is 3.04. The van der Waals surface area contributed by atoms with E-state index in [-0.39, 0.29) is 22.6 Å². The standard InChI is InChI=1S/C15H19ClFN3O4/c1-8(18)14(21)20(15(22)19-23)12-7-13(10(16)6-11(12)17)24-9-4-2-3-5-9/h6-7,9,15,18-19,22-23H,2-5H2,1H3. The topological polar surface area (TPSA) is 106 Å². The number of nitrogens with zero attached hydrogens (tertiary/aromatic N) is 1. The van der Waals surface area contributed by atoms with Crippen LogP contribution in [0.3, 0.4) is 0 Å². The van der Waals surface area contributed by atoms with Crippen molar-refractivity contribution in [3.05, 3.63) is 23.0 Å². The number of carbonyl (C=O) groups excluding carboxylic acids is 1. The molecule has 1 saturated carbocycles. The number of hydroxylamine groups is 1. The molecule has 7 nitrogen and oxygen atoms in total. The fourth-order valence-electron chi connectivity index (χ4n) is 2.57. The number of amides is 1. The number of carbonyl (C=O) groups is 1. The third-order valence-corrected chi connectivity index (χ3v) is 4.05. The summed E-state index contributed by atoms with van der Waals surface area (Å²) >= 11 is 6.00. The first-order valence-electron chi connectivity index (χ1n) is 7.47. The van der Waals surface area contributed by atoms with Crippen molar-refractivity contribution >= 4 is 28.9 Å². The van der Waals surface area contributed by atoms with Crippen molar-refractivity contribution < 1.29 is 24.2 Å². The summed E-state index contributed by atoms with van der Waals surface area (Å²) in [5.41, 5.74) is 0.647. The second-order valence-electron chi connectivity index (χ2n) is 5.56. The van der Waals surface area contributed by atoms with Crippen molar-refractivity contribution in [2.45, 2.75) is 45.1 Å². The van der Waals surface area contributed by atoms with E-state index in [2.05, 4.69) is 0 Å². The molecule has 1 fully saturated rings. The Morgan fingerprint density at radius 1 is 1.50 bits per heavy atom. The van der Waals surface area contributed by atoms with Gasteiger partial charge in [0.15, 0.2) is 0 Å². The first-order valence-corrected chi connectivity index (χ1v) is 7.85. The number of anilines is 1. The highest BCUT2D eigenvalue weighted by Gasteiger charge is 2.29. The van der Waals surface area contributed by atoms with Crippen molar-refractivity contribution in [3.63, 3.8) is 0 Å². The maximum atomic E-state index is 14.3. The van der Waals surface area contributed by atoms with Crippen molar-refractivity contribution in [1.82, 2.24) is 5.48 Å². The van der Waals surface area contributed by atoms with Crippen LogP contribution in [-0.4, -0.2) is 34.4 Å². The molecular weight excluding hydrogens is 341 g/mol. The van der Waals surface area contributed by atoms with E-state index in [9.17, 15) is 14.3 Å². The van der Waals surface area contributed by atoms with Crippen LogP contribution in [0, 0.1) is 11.2 Å². The van der Waals surface area contributed by atoms with Crippen LogP contribution in [0.25, 0.3) is 0 Å². The zero-order valence-electron chi connectivity index (χ0n) is 13.1. The summed E-state index contributed by atoms with van der Waals surface area (Å²) in [6.07, 6.45) is 1.78. The summed E-state index contributed by atoms with van der Waals surface area (Å²) in [6.45, 7) is 1.18. The maximum absolute atomic E-state index is 14.3. The summed E-state index contributed by atoms with van der Waals surface area (Å²) in [4.78, 5) is 12.6. The van der Waals surface area contributed by atoms with Crippen LogP contribution < -0.4 is 15.1 Å². The Labute approximate surface area is 143 Å². The van der Waals surface area contributed by atoms with Crippen LogP contribution in [0.2, 0.25) is 5.02 Å². The molecule has 1 aromatic carbocycles. The van der Waals surface area contributed by atoms with E-state index in [1.165, 1.54) is 18.5 Å². The quantitative estimate of drug-likeness (QED) is 0.354. The molecule has 132 valence electrons. The molecule has 24 heavy (non-hydrogen) atoms. The molecule has 0 aromatic heterocycles. The number of hydrogen-bond acceptors (Lipinski definition) is 6. The van der Waals surface area contributed by atoms with Gasteiger partial charge in [0.05, 0.1) is 22.5 Å². The summed E-state index contributed by atoms with van der Waals surface area (Å²) < 4.78 is 20.0. The maximum Gasteiger partial charge on any atom is 0.274 e. The van der Waals surface area contributed by atoms with E-state index < -0.39 is 23.8 Å². The third-order valence-electron chi connectivity index (χ3n) is 3.76. The van der Waals surface area contributed by atoms with Gasteiger partial charge < -0.3 is 15.1 Å². The Balaban J connectivity index is 2.41. The molecule has 1 aliphatic rings. The van der Waals surface area contributed by atoms with Crippen molar-refractivity contribution in [2.24, 2.45) is 0 Å². The van der Waals surface area contributed by atoms with Gasteiger partial charge in [0.1, 0.15) is 11.6 Å². The van der Waals surface area contributed by atoms with Gasteiger partial charge in [-0.25, -0.2) is 4.39 Å². The Morgan fingerprint density at radius 2 is 2.12 bits per heavy atom. The van der Waals surface area contributed by atoms with Gasteiger partial charge in [0.2, 0.25) is 6.35 Å². The lowest BCUT2D eigenvalue weighted by Gasteiger charge is -2.27. The average molecular weight is 360 g/mol. The van der Waals surface area contributed by atoms with E-state index in [4.69, 9.17) is 27.0 Å². The summed E-state index contributed by atoms with van der Waals surface area (Å²) in [7, 11) is 0. The van der Waals surface area contributed by atoms with E-state index in [0.29, 0.717) is 4.90 Å². The number of nitrogens with one attached hydrogen (secondary N) is 2. The molecule has 1 aliphatic carbocycles. The molecular formula is C15H19ClFN3O4. The highest BCUT2D eigenvalue weighted by Crippen LogP contribution is 2.35. The normalized spacial score (nSPS) is 16.0. The number of benzene rings is 1. The summed E-state index contributed by atoms with van der Waals surface area (Å²) in [5.74, 6) is -1.72. The highest BCUT2D eigenvalue weighted by molar-refractivity contribution is 6.41. The molecule has 0 spiro atoms. The summed E-state index contributed by atoms with van der Waals surface area (Å²) in [6, 6.07) is 2.14. The monoisotopic (exact) mass is 359 g/mol. The Bertz CT molecular complexity index is 637. The SMILES string of the molecule is CC(=N)C(=O)N(c1cc(OC2CCCC2)c(Cl)cc1F)C(O)NO. The van der Waals surface area contributed by atoms with Crippen LogP contribution in [0.5, 0.6) is 5.75 Å². The zero-order valence-corrected chi connectivity index (χ0v) is 13.8. The second-order valence-corrected chi connectivity index (χ2v) is 5.97. The van der Waals surface area contributed by atoms with Crippen molar-refractivity contribution in [2.75, 3.05) is 4.90 Å². The highest BCUT2D eigenvalue weighted by atomic mass is 35.5. The van der Waals surface area contributed by atoms with Gasteiger partial charge in [-0.05, 0) is 38.7 Å². The van der Waals surface area contributed by atoms with Crippen LogP contribution in [0.4, 0.5) is 10.1 Å². The molecule has 0 bridgehead atoms. The van der Waals surface area contributed by atoms with Gasteiger partial charge in [0.25, 0.3) is 5.91 Å². The fourth-order valence-corrected chi connectivity index (χ4v) is 2.76. The lowest BCUT2D eigenvalue weighted by atomic mass is 10.2. The molecule has 2 rings (SSSR count). The summed E-state index contributed by atoms with van der Waals surface area (Å²) in [5, 5.41) is 26.1. The number of ether oxygens (including phenoxy) is 1. The van der Waals surface area contributed by atoms with Gasteiger partial charge in [0, 0.05) is 6.07 Å². The number of hydrogen-bond donors (Lipinski definition) is 4. The van der Waals surface area contributed by atoms with Gasteiger partial charge in [-0.2, -0.15) is 5.48 Å². The van der Waals surface area contributed by atoms with Gasteiger partial charge in [-0.15, -0.1) is 0 Å². The Kier molecular flexibility index (Phi) is 6.11. The number of aliphatic hydroxyl groups excluding tert-OH is 1. The predicted octanol–water partition coefficient (Wildman–Crippen LogP) is 2.43. The first kappa shape index (κ1) is 18.6. The molecule has 0 aliphatic heterocycles. The lowest BCUT2D eigenvalue weighted by Crippen LogP contribution is -2.50. The minimum atomic E-state index is -1.94. The van der Waals surface area contributed by atoms with Gasteiger partial charge in [-0.1, -0.05) is 11.6 Å². The van der Waals surface area contributed by atoms with Gasteiger partial charge in [-0.3, -0.25) is 15.1 Å². The Hall–Kier alpha value is -1.74. The van der Waals surface area contributed by atoms with Crippen molar-refractivity contribution in [1.29, 1.82) is 5.41 Å². The van der Waals surface area contributed by atoms with Crippen LogP contribution in [-0.2, 0) is 4.79 Å². The smallest absolute Gasteiger partial charge is 0.274 e. The minimum Gasteiger partial charge on any atom is -0.489 e. The predicted molar refractivity (Wildman–Crippen MR) is 86.1 cm³/mol. The molecule has 0 saturated heterocycles. The minimum absolute atomic E-state index is 0.0357. The number of halogens is 2. The molecule has 1 unspecified atom stereocenters. The van der Waals surface area contributed by atoms with E-state index >= 15 is 0 Å². The van der Waals surface area contributed by atoms with Crippen LogP contribution in [0.15, 0.2) is 12.1 Å². The van der Waals surface area contributed by atoms with E-state index in [0.717, 1.165) is 31.7 Å². The Morgan fingerprint density at radius 3 is 2.67 bits per heavy atom. The largest absolute Gasteiger partial charge is 0.489 e. The number of aliphatic hydroxyl groups is 1. The van der Waals surface area contributed by atoms with Crippen LogP contribution in [0.1, 0.15) is 32.6 Å². The lowest BCUT2D eigenvalue weighted by molar-refractivity contribution is -0.116. The molecule has 0 heterocycles. The molecule has 1 atom stereocenters. The molecule has 1 aromatic rings. The molecule has 0 radical (unpaired) electrons. The zero-order chi connectivity index (χ0) is 17.9.